The number of aromatic amines is 1. The zero-order valence-electron chi connectivity index (χ0n) is 14.9. The predicted molar refractivity (Wildman–Crippen MR) is 118 cm³/mol. The zero-order valence-corrected chi connectivity index (χ0v) is 18.0. The predicted octanol–water partition coefficient (Wildman–Crippen LogP) is 4.52. The van der Waals surface area contributed by atoms with Gasteiger partial charge in [-0.2, -0.15) is 5.10 Å². The highest BCUT2D eigenvalue weighted by molar-refractivity contribution is 7.99. The van der Waals surface area contributed by atoms with E-state index in [0.717, 1.165) is 17.5 Å². The van der Waals surface area contributed by atoms with Crippen LogP contribution in [0, 0.1) is 6.92 Å². The SMILES string of the molecule is Cc1cc(NC(=O)CSc2nc3ccsc3c(=O)n2-c2cccc(Cl)c2Cl)n[nH]1. The van der Waals surface area contributed by atoms with Crippen LogP contribution in [0.1, 0.15) is 5.69 Å². The largest absolute Gasteiger partial charge is 0.308 e. The lowest BCUT2D eigenvalue weighted by atomic mass is 10.3. The van der Waals surface area contributed by atoms with E-state index in [-0.39, 0.29) is 22.2 Å². The molecule has 3 aromatic heterocycles. The van der Waals surface area contributed by atoms with Crippen molar-refractivity contribution >= 4 is 68.2 Å². The van der Waals surface area contributed by atoms with Gasteiger partial charge in [-0.3, -0.25) is 19.3 Å². The topological polar surface area (TPSA) is 92.7 Å². The van der Waals surface area contributed by atoms with E-state index < -0.39 is 0 Å². The second-order valence-corrected chi connectivity index (χ2v) is 8.66. The average Bonchev–Trinajstić information content (AvgIpc) is 3.32. The molecule has 0 saturated heterocycles. The van der Waals surface area contributed by atoms with Crippen LogP contribution in [0.25, 0.3) is 15.9 Å². The van der Waals surface area contributed by atoms with Crippen LogP contribution in [0.2, 0.25) is 10.0 Å². The summed E-state index contributed by atoms with van der Waals surface area (Å²) >= 11 is 14.9. The first kappa shape index (κ1) is 20.0. The zero-order chi connectivity index (χ0) is 20.5. The molecule has 148 valence electrons. The van der Waals surface area contributed by atoms with E-state index in [1.807, 2.05) is 6.92 Å². The molecule has 0 radical (unpaired) electrons. The van der Waals surface area contributed by atoms with Crippen LogP contribution >= 0.6 is 46.3 Å². The molecule has 0 saturated carbocycles. The fourth-order valence-electron chi connectivity index (χ4n) is 2.66. The molecule has 4 rings (SSSR count). The monoisotopic (exact) mass is 465 g/mol. The maximum absolute atomic E-state index is 13.1. The lowest BCUT2D eigenvalue weighted by Crippen LogP contribution is -2.22. The molecule has 0 aliphatic carbocycles. The van der Waals surface area contributed by atoms with Crippen LogP contribution in [-0.2, 0) is 4.79 Å². The Bertz CT molecular complexity index is 1280. The standard InChI is InChI=1S/C18H13Cl2N5O2S2/c1-9-7-13(24-23-9)22-14(26)8-29-18-21-11-5-6-28-16(11)17(27)25(18)12-4-2-3-10(19)15(12)20/h2-7H,8H2,1H3,(H2,22,23,24,26). The number of amides is 1. The highest BCUT2D eigenvalue weighted by Gasteiger charge is 2.18. The van der Waals surface area contributed by atoms with E-state index in [2.05, 4.69) is 20.5 Å². The number of nitrogens with one attached hydrogen (secondary N) is 2. The summed E-state index contributed by atoms with van der Waals surface area (Å²) in [5.41, 5.74) is 1.56. The van der Waals surface area contributed by atoms with Crippen molar-refractivity contribution in [2.75, 3.05) is 11.1 Å². The Labute approximate surface area is 183 Å². The third-order valence-corrected chi connectivity index (χ3v) is 6.57. The molecule has 3 heterocycles. The van der Waals surface area contributed by atoms with E-state index in [1.54, 1.807) is 35.7 Å². The van der Waals surface area contributed by atoms with Crippen molar-refractivity contribution < 1.29 is 4.79 Å². The molecule has 0 spiro atoms. The Morgan fingerprint density at radius 1 is 1.34 bits per heavy atom. The number of aromatic nitrogens is 4. The van der Waals surface area contributed by atoms with Crippen LogP contribution < -0.4 is 10.9 Å². The summed E-state index contributed by atoms with van der Waals surface area (Å²) < 4.78 is 1.89. The number of carbonyl (C=O) groups excluding carboxylic acids is 1. The van der Waals surface area contributed by atoms with Crippen molar-refractivity contribution in [2.45, 2.75) is 12.1 Å². The van der Waals surface area contributed by atoms with Gasteiger partial charge in [0.25, 0.3) is 5.56 Å². The summed E-state index contributed by atoms with van der Waals surface area (Å²) in [4.78, 5) is 30.0. The average molecular weight is 466 g/mol. The van der Waals surface area contributed by atoms with Gasteiger partial charge in [0.15, 0.2) is 11.0 Å². The lowest BCUT2D eigenvalue weighted by Gasteiger charge is -2.13. The number of hydrogen-bond donors (Lipinski definition) is 2. The summed E-state index contributed by atoms with van der Waals surface area (Å²) in [7, 11) is 0. The minimum atomic E-state index is -0.273. The molecule has 1 amide bonds. The van der Waals surface area contributed by atoms with Crippen molar-refractivity contribution in [3.8, 4) is 5.69 Å². The van der Waals surface area contributed by atoms with Crippen molar-refractivity contribution in [1.29, 1.82) is 0 Å². The molecular weight excluding hydrogens is 453 g/mol. The van der Waals surface area contributed by atoms with E-state index in [1.165, 1.54) is 15.9 Å². The molecule has 4 aromatic rings. The van der Waals surface area contributed by atoms with Gasteiger partial charge in [0.2, 0.25) is 5.91 Å². The summed E-state index contributed by atoms with van der Waals surface area (Å²) in [6.45, 7) is 1.84. The molecular formula is C18H13Cl2N5O2S2. The third-order valence-electron chi connectivity index (χ3n) is 3.93. The minimum absolute atomic E-state index is 0.0339. The number of hydrogen-bond acceptors (Lipinski definition) is 6. The van der Waals surface area contributed by atoms with Crippen molar-refractivity contribution in [3.05, 3.63) is 61.8 Å². The van der Waals surface area contributed by atoms with E-state index in [0.29, 0.717) is 31.9 Å². The van der Waals surface area contributed by atoms with Gasteiger partial charge in [-0.1, -0.05) is 41.0 Å². The first-order chi connectivity index (χ1) is 13.9. The first-order valence-electron chi connectivity index (χ1n) is 8.33. The number of carbonyl (C=O) groups is 1. The fourth-order valence-corrected chi connectivity index (χ4v) is 4.60. The van der Waals surface area contributed by atoms with Gasteiger partial charge in [-0.15, -0.1) is 11.3 Å². The van der Waals surface area contributed by atoms with E-state index in [4.69, 9.17) is 23.2 Å². The Morgan fingerprint density at radius 3 is 2.93 bits per heavy atom. The van der Waals surface area contributed by atoms with E-state index in [9.17, 15) is 9.59 Å². The van der Waals surface area contributed by atoms with Gasteiger partial charge in [-0.25, -0.2) is 4.98 Å². The quantitative estimate of drug-likeness (QED) is 0.333. The number of benzene rings is 1. The molecule has 2 N–H and O–H groups in total. The van der Waals surface area contributed by atoms with Crippen LogP contribution in [0.4, 0.5) is 5.82 Å². The summed E-state index contributed by atoms with van der Waals surface area (Å²) in [5, 5.41) is 12.1. The number of H-pyrrole nitrogens is 1. The maximum Gasteiger partial charge on any atom is 0.276 e. The third kappa shape index (κ3) is 4.04. The smallest absolute Gasteiger partial charge is 0.276 e. The summed E-state index contributed by atoms with van der Waals surface area (Å²) in [6.07, 6.45) is 0. The Morgan fingerprint density at radius 2 is 2.17 bits per heavy atom. The van der Waals surface area contributed by atoms with Gasteiger partial charge in [-0.05, 0) is 30.5 Å². The van der Waals surface area contributed by atoms with E-state index >= 15 is 0 Å². The molecule has 0 aliphatic rings. The second kappa shape index (κ2) is 8.19. The number of nitrogens with zero attached hydrogens (tertiary/aromatic N) is 3. The minimum Gasteiger partial charge on any atom is -0.308 e. The molecule has 0 aliphatic heterocycles. The number of halogens is 2. The molecule has 0 fully saturated rings. The number of rotatable bonds is 5. The summed E-state index contributed by atoms with van der Waals surface area (Å²) in [6, 6.07) is 8.52. The molecule has 11 heteroatoms. The summed E-state index contributed by atoms with van der Waals surface area (Å²) in [5.74, 6) is 0.196. The van der Waals surface area contributed by atoms with Crippen molar-refractivity contribution in [1.82, 2.24) is 19.7 Å². The normalized spacial score (nSPS) is 11.1. The van der Waals surface area contributed by atoms with Gasteiger partial charge >= 0.3 is 0 Å². The van der Waals surface area contributed by atoms with Crippen LogP contribution in [0.15, 0.2) is 45.7 Å². The van der Waals surface area contributed by atoms with Gasteiger partial charge in [0, 0.05) is 11.8 Å². The Hall–Kier alpha value is -2.33. The highest BCUT2D eigenvalue weighted by Crippen LogP contribution is 2.31. The number of aryl methyl sites for hydroxylation is 1. The first-order valence-corrected chi connectivity index (χ1v) is 11.0. The fraction of sp³-hybridized carbons (Fsp3) is 0.111. The Kier molecular flexibility index (Phi) is 5.64. The van der Waals surface area contributed by atoms with Crippen molar-refractivity contribution in [3.63, 3.8) is 0 Å². The van der Waals surface area contributed by atoms with Crippen molar-refractivity contribution in [2.24, 2.45) is 0 Å². The lowest BCUT2D eigenvalue weighted by molar-refractivity contribution is -0.113. The second-order valence-electron chi connectivity index (χ2n) is 6.02. The van der Waals surface area contributed by atoms with Crippen LogP contribution in [0.3, 0.4) is 0 Å². The molecule has 0 unspecified atom stereocenters. The van der Waals surface area contributed by atoms with Crippen LogP contribution in [0.5, 0.6) is 0 Å². The molecule has 0 bridgehead atoms. The number of thioether (sulfide) groups is 1. The maximum atomic E-state index is 13.1. The molecule has 29 heavy (non-hydrogen) atoms. The molecule has 1 aromatic carbocycles. The number of fused-ring (bicyclic) bond motifs is 1. The van der Waals surface area contributed by atoms with Gasteiger partial charge < -0.3 is 5.32 Å². The Balaban J connectivity index is 1.70. The molecule has 0 atom stereocenters. The van der Waals surface area contributed by atoms with Gasteiger partial charge in [0.1, 0.15) is 4.70 Å². The van der Waals surface area contributed by atoms with Crippen LogP contribution in [-0.4, -0.2) is 31.4 Å². The number of thiophene rings is 1. The number of anilines is 1. The highest BCUT2D eigenvalue weighted by atomic mass is 35.5. The van der Waals surface area contributed by atoms with Gasteiger partial charge in [0.05, 0.1) is 27.0 Å². The molecule has 7 nitrogen and oxygen atoms in total.